The van der Waals surface area contributed by atoms with Gasteiger partial charge >= 0.3 is 0 Å². The van der Waals surface area contributed by atoms with E-state index in [1.165, 1.54) is 12.4 Å². The summed E-state index contributed by atoms with van der Waals surface area (Å²) in [6.45, 7) is 3.10. The third-order valence-corrected chi connectivity index (χ3v) is 4.73. The van der Waals surface area contributed by atoms with Crippen LogP contribution in [-0.2, 0) is 0 Å². The molecule has 3 aromatic heterocycles. The highest BCUT2D eigenvalue weighted by Crippen LogP contribution is 2.33. The van der Waals surface area contributed by atoms with Crippen LogP contribution in [0.4, 0.5) is 0 Å². The second-order valence-corrected chi connectivity index (χ2v) is 6.62. The number of nitrogens with zero attached hydrogens (tertiary/aromatic N) is 6. The summed E-state index contributed by atoms with van der Waals surface area (Å²) in [6.07, 6.45) is 11.3. The number of amides is 1. The highest BCUT2D eigenvalue weighted by molar-refractivity contribution is 5.92. The van der Waals surface area contributed by atoms with Crippen LogP contribution in [0.25, 0.3) is 0 Å². The van der Waals surface area contributed by atoms with Gasteiger partial charge in [0.15, 0.2) is 5.75 Å². The topological polar surface area (TPSA) is 94.0 Å². The summed E-state index contributed by atoms with van der Waals surface area (Å²) in [5.41, 5.74) is 1.88. The fraction of sp³-hybridized carbons (Fsp3) is 0.300. The number of aryl methyl sites for hydroxylation is 1. The van der Waals surface area contributed by atoms with Crippen molar-refractivity contribution in [3.05, 3.63) is 66.4 Å². The fourth-order valence-corrected chi connectivity index (χ4v) is 3.33. The number of carbonyl (C=O) groups is 1. The zero-order valence-electron chi connectivity index (χ0n) is 15.5. The summed E-state index contributed by atoms with van der Waals surface area (Å²) in [7, 11) is 0. The highest BCUT2D eigenvalue weighted by atomic mass is 16.5. The van der Waals surface area contributed by atoms with E-state index in [-0.39, 0.29) is 11.8 Å². The number of hydrogen-bond acceptors (Lipinski definition) is 7. The van der Waals surface area contributed by atoms with E-state index in [1.807, 2.05) is 19.1 Å². The predicted octanol–water partition coefficient (Wildman–Crippen LogP) is 2.78. The normalized spacial score (nSPS) is 16.6. The maximum atomic E-state index is 12.7. The van der Waals surface area contributed by atoms with Crippen LogP contribution in [0.2, 0.25) is 0 Å². The van der Waals surface area contributed by atoms with Gasteiger partial charge in [0.1, 0.15) is 11.4 Å². The molecule has 0 N–H and O–H groups in total. The van der Waals surface area contributed by atoms with Crippen molar-refractivity contribution < 1.29 is 9.53 Å². The first-order valence-electron chi connectivity index (χ1n) is 9.18. The molecule has 1 aliphatic heterocycles. The molecule has 1 fully saturated rings. The van der Waals surface area contributed by atoms with Gasteiger partial charge in [0.2, 0.25) is 5.88 Å². The molecular weight excluding hydrogens is 356 g/mol. The number of rotatable bonds is 4. The quantitative estimate of drug-likeness (QED) is 0.691. The molecule has 3 aromatic rings. The average Bonchev–Trinajstić information content (AvgIpc) is 2.76. The summed E-state index contributed by atoms with van der Waals surface area (Å²) in [4.78, 5) is 35.8. The van der Waals surface area contributed by atoms with E-state index >= 15 is 0 Å². The van der Waals surface area contributed by atoms with Crippen LogP contribution in [0.15, 0.2) is 49.3 Å². The standard InChI is InChI=1S/C20H20N6O2/c1-14-17(5-2-6-22-14)28-19-18(24-9-10-25-19)15-4-3-11-26(13-15)20(27)16-12-21-7-8-23-16/h2,5-10,12,15H,3-4,11,13H2,1H3. The van der Waals surface area contributed by atoms with Gasteiger partial charge in [0.05, 0.1) is 11.9 Å². The Hall–Kier alpha value is -3.42. The molecule has 0 saturated carbocycles. The molecule has 1 aliphatic rings. The zero-order chi connectivity index (χ0) is 19.3. The number of ether oxygens (including phenoxy) is 1. The molecule has 142 valence electrons. The van der Waals surface area contributed by atoms with E-state index in [0.717, 1.165) is 24.2 Å². The summed E-state index contributed by atoms with van der Waals surface area (Å²) < 4.78 is 6.01. The number of likely N-dealkylation sites (tertiary alicyclic amines) is 1. The SMILES string of the molecule is Cc1ncccc1Oc1nccnc1C1CCCN(C(=O)c2cnccn2)C1. The van der Waals surface area contributed by atoms with Gasteiger partial charge in [0.25, 0.3) is 5.91 Å². The molecule has 0 bridgehead atoms. The molecule has 0 radical (unpaired) electrons. The monoisotopic (exact) mass is 376 g/mol. The molecule has 0 aliphatic carbocycles. The summed E-state index contributed by atoms with van der Waals surface area (Å²) in [5.74, 6) is 1.02. The number of carbonyl (C=O) groups excluding carboxylic acids is 1. The number of piperidine rings is 1. The molecule has 8 heteroatoms. The lowest BCUT2D eigenvalue weighted by Crippen LogP contribution is -2.39. The van der Waals surface area contributed by atoms with Gasteiger partial charge in [-0.05, 0) is 31.9 Å². The Morgan fingerprint density at radius 2 is 1.96 bits per heavy atom. The van der Waals surface area contributed by atoms with Crippen molar-refractivity contribution in [3.8, 4) is 11.6 Å². The molecule has 4 heterocycles. The lowest BCUT2D eigenvalue weighted by atomic mass is 9.94. The maximum absolute atomic E-state index is 12.7. The van der Waals surface area contributed by atoms with E-state index in [4.69, 9.17) is 4.74 Å². The van der Waals surface area contributed by atoms with Crippen molar-refractivity contribution in [3.63, 3.8) is 0 Å². The van der Waals surface area contributed by atoms with Crippen LogP contribution in [0, 0.1) is 6.92 Å². The Bertz CT molecular complexity index is 966. The first-order chi connectivity index (χ1) is 13.7. The molecule has 1 unspecified atom stereocenters. The zero-order valence-corrected chi connectivity index (χ0v) is 15.5. The molecule has 4 rings (SSSR count). The van der Waals surface area contributed by atoms with Gasteiger partial charge in [-0.25, -0.2) is 9.97 Å². The highest BCUT2D eigenvalue weighted by Gasteiger charge is 2.29. The first kappa shape index (κ1) is 18.0. The minimum atomic E-state index is -0.118. The average molecular weight is 376 g/mol. The lowest BCUT2D eigenvalue weighted by Gasteiger charge is -2.32. The third kappa shape index (κ3) is 3.80. The molecular formula is C20H20N6O2. The number of hydrogen-bond donors (Lipinski definition) is 0. The minimum Gasteiger partial charge on any atom is -0.435 e. The van der Waals surface area contributed by atoms with E-state index in [9.17, 15) is 4.79 Å². The Labute approximate surface area is 162 Å². The minimum absolute atomic E-state index is 0.0371. The van der Waals surface area contributed by atoms with Crippen molar-refractivity contribution in [1.29, 1.82) is 0 Å². The summed E-state index contributed by atoms with van der Waals surface area (Å²) in [5, 5.41) is 0. The third-order valence-electron chi connectivity index (χ3n) is 4.73. The van der Waals surface area contributed by atoms with Gasteiger partial charge < -0.3 is 9.64 Å². The lowest BCUT2D eigenvalue weighted by molar-refractivity contribution is 0.0698. The van der Waals surface area contributed by atoms with E-state index in [2.05, 4.69) is 24.9 Å². The summed E-state index contributed by atoms with van der Waals surface area (Å²) in [6, 6.07) is 3.67. The molecule has 28 heavy (non-hydrogen) atoms. The van der Waals surface area contributed by atoms with Gasteiger partial charge in [-0.2, -0.15) is 0 Å². The fourth-order valence-electron chi connectivity index (χ4n) is 3.33. The van der Waals surface area contributed by atoms with E-state index in [1.54, 1.807) is 29.7 Å². The van der Waals surface area contributed by atoms with Crippen LogP contribution in [0.5, 0.6) is 11.6 Å². The van der Waals surface area contributed by atoms with Crippen molar-refractivity contribution in [2.24, 2.45) is 0 Å². The van der Waals surface area contributed by atoms with Gasteiger partial charge in [-0.1, -0.05) is 0 Å². The Morgan fingerprint density at radius 3 is 2.79 bits per heavy atom. The maximum Gasteiger partial charge on any atom is 0.274 e. The first-order valence-corrected chi connectivity index (χ1v) is 9.18. The van der Waals surface area contributed by atoms with E-state index in [0.29, 0.717) is 30.4 Å². The molecule has 0 spiro atoms. The molecule has 1 amide bonds. The molecule has 0 aromatic carbocycles. The predicted molar refractivity (Wildman–Crippen MR) is 101 cm³/mol. The van der Waals surface area contributed by atoms with Crippen LogP contribution in [0.1, 0.15) is 40.6 Å². The molecule has 1 saturated heterocycles. The second-order valence-electron chi connectivity index (χ2n) is 6.62. The second kappa shape index (κ2) is 8.08. The Morgan fingerprint density at radius 1 is 1.11 bits per heavy atom. The van der Waals surface area contributed by atoms with Crippen LogP contribution in [0.3, 0.4) is 0 Å². The Kier molecular flexibility index (Phi) is 5.18. The number of aromatic nitrogens is 5. The summed E-state index contributed by atoms with van der Waals surface area (Å²) >= 11 is 0. The van der Waals surface area contributed by atoms with Crippen LogP contribution < -0.4 is 4.74 Å². The molecule has 1 atom stereocenters. The van der Waals surface area contributed by atoms with Crippen LogP contribution >= 0.6 is 0 Å². The van der Waals surface area contributed by atoms with Crippen molar-refractivity contribution in [1.82, 2.24) is 29.8 Å². The van der Waals surface area contributed by atoms with Gasteiger partial charge in [0, 0.05) is 50.0 Å². The van der Waals surface area contributed by atoms with E-state index < -0.39 is 0 Å². The van der Waals surface area contributed by atoms with Crippen LogP contribution in [-0.4, -0.2) is 48.8 Å². The van der Waals surface area contributed by atoms with Gasteiger partial charge in [-0.15, -0.1) is 0 Å². The van der Waals surface area contributed by atoms with Crippen molar-refractivity contribution in [2.75, 3.05) is 13.1 Å². The molecule has 8 nitrogen and oxygen atoms in total. The van der Waals surface area contributed by atoms with Gasteiger partial charge in [-0.3, -0.25) is 19.7 Å². The van der Waals surface area contributed by atoms with Crippen molar-refractivity contribution in [2.45, 2.75) is 25.7 Å². The Balaban J connectivity index is 1.56. The number of pyridine rings is 1. The largest absolute Gasteiger partial charge is 0.435 e. The smallest absolute Gasteiger partial charge is 0.274 e. The van der Waals surface area contributed by atoms with Crippen molar-refractivity contribution >= 4 is 5.91 Å².